The summed E-state index contributed by atoms with van der Waals surface area (Å²) in [5.41, 5.74) is 0.463. The molecule has 0 spiro atoms. The molecule has 0 saturated heterocycles. The predicted molar refractivity (Wildman–Crippen MR) is 86.6 cm³/mol. The number of pyridine rings is 1. The lowest BCUT2D eigenvalue weighted by molar-refractivity contribution is -0.114. The van der Waals surface area contributed by atoms with Crippen LogP contribution < -0.4 is 9.46 Å². The number of methoxy groups -OCH3 is 1. The van der Waals surface area contributed by atoms with Gasteiger partial charge in [0.1, 0.15) is 0 Å². The monoisotopic (exact) mass is 370 g/mol. The van der Waals surface area contributed by atoms with Gasteiger partial charge in [0.2, 0.25) is 0 Å². The third-order valence-electron chi connectivity index (χ3n) is 2.81. The molecule has 0 aliphatic heterocycles. The number of hydrogen-bond donors (Lipinski definition) is 1. The number of halogens is 2. The molecular formula is C15H12ClFN2O4S. The van der Waals surface area contributed by atoms with Crippen molar-refractivity contribution < 1.29 is 22.3 Å². The van der Waals surface area contributed by atoms with Gasteiger partial charge in [0.25, 0.3) is 15.9 Å². The summed E-state index contributed by atoms with van der Waals surface area (Å²) in [6, 6.07) is 6.47. The van der Waals surface area contributed by atoms with Crippen LogP contribution in [0.5, 0.6) is 5.75 Å². The average molecular weight is 371 g/mol. The summed E-state index contributed by atoms with van der Waals surface area (Å²) in [5, 5.41) is -0.0671. The van der Waals surface area contributed by atoms with Crippen LogP contribution in [-0.4, -0.2) is 26.4 Å². The van der Waals surface area contributed by atoms with Gasteiger partial charge in [-0.05, 0) is 35.9 Å². The van der Waals surface area contributed by atoms with Gasteiger partial charge in [-0.25, -0.2) is 14.1 Å². The van der Waals surface area contributed by atoms with Crippen molar-refractivity contribution in [3.8, 4) is 5.75 Å². The van der Waals surface area contributed by atoms with Crippen LogP contribution in [0.4, 0.5) is 4.39 Å². The average Bonchev–Trinajstić information content (AvgIpc) is 2.54. The first-order valence-electron chi connectivity index (χ1n) is 6.52. The van der Waals surface area contributed by atoms with E-state index in [1.165, 1.54) is 43.5 Å². The molecule has 0 saturated carbocycles. The minimum absolute atomic E-state index is 0.00976. The van der Waals surface area contributed by atoms with E-state index in [1.807, 2.05) is 4.72 Å². The van der Waals surface area contributed by atoms with Crippen LogP contribution in [0.3, 0.4) is 0 Å². The zero-order valence-corrected chi connectivity index (χ0v) is 13.9. The Labute approximate surface area is 143 Å². The van der Waals surface area contributed by atoms with Crippen molar-refractivity contribution in [2.75, 3.05) is 7.11 Å². The number of carbonyl (C=O) groups excluding carboxylic acids is 1. The van der Waals surface area contributed by atoms with Gasteiger partial charge in [-0.3, -0.25) is 4.79 Å². The Balaban J connectivity index is 2.11. The van der Waals surface area contributed by atoms with E-state index in [-0.39, 0.29) is 15.8 Å². The van der Waals surface area contributed by atoms with E-state index < -0.39 is 21.7 Å². The number of amides is 1. The van der Waals surface area contributed by atoms with E-state index in [9.17, 15) is 17.6 Å². The molecule has 1 aromatic heterocycles. The summed E-state index contributed by atoms with van der Waals surface area (Å²) >= 11 is 5.63. The van der Waals surface area contributed by atoms with Crippen LogP contribution in [0.25, 0.3) is 6.08 Å². The minimum atomic E-state index is -4.11. The van der Waals surface area contributed by atoms with Crippen molar-refractivity contribution in [1.82, 2.24) is 9.71 Å². The number of carbonyl (C=O) groups is 1. The fourth-order valence-corrected chi connectivity index (χ4v) is 2.68. The Morgan fingerprint density at radius 1 is 1.33 bits per heavy atom. The van der Waals surface area contributed by atoms with Gasteiger partial charge in [-0.1, -0.05) is 17.7 Å². The molecule has 1 amide bonds. The van der Waals surface area contributed by atoms with Crippen molar-refractivity contribution in [1.29, 1.82) is 0 Å². The zero-order chi connectivity index (χ0) is 17.7. The number of nitrogens with one attached hydrogen (secondary N) is 1. The number of nitrogens with zero attached hydrogens (tertiary/aromatic N) is 1. The Hall–Kier alpha value is -2.45. The molecule has 0 bridgehead atoms. The molecule has 0 atom stereocenters. The lowest BCUT2D eigenvalue weighted by atomic mass is 10.2. The summed E-state index contributed by atoms with van der Waals surface area (Å²) in [4.78, 5) is 15.4. The van der Waals surface area contributed by atoms with Crippen molar-refractivity contribution in [2.45, 2.75) is 5.03 Å². The van der Waals surface area contributed by atoms with Gasteiger partial charge in [0.05, 0.1) is 12.1 Å². The standard InChI is InChI=1S/C15H12ClFN2O4S/c1-23-13-8-10(2-5-12(13)17)3-6-14(20)19-24(21,22)15-7-4-11(16)9-18-15/h2-9H,1H3,(H,19,20)/b6-3+. The Kier molecular flexibility index (Phi) is 5.53. The lowest BCUT2D eigenvalue weighted by Crippen LogP contribution is -2.29. The second-order valence-corrected chi connectivity index (χ2v) is 6.58. The quantitative estimate of drug-likeness (QED) is 0.817. The van der Waals surface area contributed by atoms with Crippen LogP contribution in [0.1, 0.15) is 5.56 Å². The number of rotatable bonds is 5. The molecule has 0 aliphatic rings. The number of hydrogen-bond acceptors (Lipinski definition) is 5. The van der Waals surface area contributed by atoms with Gasteiger partial charge in [-0.15, -0.1) is 0 Å². The number of benzene rings is 1. The van der Waals surface area contributed by atoms with Crippen molar-refractivity contribution in [3.63, 3.8) is 0 Å². The van der Waals surface area contributed by atoms with Crippen molar-refractivity contribution >= 4 is 33.6 Å². The highest BCUT2D eigenvalue weighted by atomic mass is 35.5. The van der Waals surface area contributed by atoms with Crippen molar-refractivity contribution in [2.24, 2.45) is 0 Å². The van der Waals surface area contributed by atoms with E-state index in [2.05, 4.69) is 4.98 Å². The van der Waals surface area contributed by atoms with E-state index in [0.717, 1.165) is 12.3 Å². The van der Waals surface area contributed by atoms with Crippen LogP contribution in [0.2, 0.25) is 5.02 Å². The second kappa shape index (κ2) is 7.41. The maximum atomic E-state index is 13.3. The minimum Gasteiger partial charge on any atom is -0.494 e. The van der Waals surface area contributed by atoms with Crippen LogP contribution >= 0.6 is 11.6 Å². The predicted octanol–water partition coefficient (Wildman–Crippen LogP) is 2.40. The van der Waals surface area contributed by atoms with Crippen LogP contribution in [0.15, 0.2) is 47.6 Å². The smallest absolute Gasteiger partial charge is 0.281 e. The lowest BCUT2D eigenvalue weighted by Gasteiger charge is -2.04. The zero-order valence-electron chi connectivity index (χ0n) is 12.4. The first-order valence-corrected chi connectivity index (χ1v) is 8.38. The molecule has 0 fully saturated rings. The molecule has 0 aliphatic carbocycles. The van der Waals surface area contributed by atoms with Gasteiger partial charge in [0, 0.05) is 12.3 Å². The number of sulfonamides is 1. The summed E-state index contributed by atoms with van der Waals surface area (Å²) in [6.07, 6.45) is 3.48. The molecule has 126 valence electrons. The van der Waals surface area contributed by atoms with E-state index in [0.29, 0.717) is 5.56 Å². The Morgan fingerprint density at radius 2 is 2.08 bits per heavy atom. The van der Waals surface area contributed by atoms with Gasteiger partial charge in [-0.2, -0.15) is 8.42 Å². The maximum Gasteiger partial charge on any atom is 0.281 e. The molecule has 1 heterocycles. The molecule has 24 heavy (non-hydrogen) atoms. The SMILES string of the molecule is COc1cc(/C=C/C(=O)NS(=O)(=O)c2ccc(Cl)cn2)ccc1F. The largest absolute Gasteiger partial charge is 0.494 e. The molecule has 1 N–H and O–H groups in total. The Morgan fingerprint density at radius 3 is 2.71 bits per heavy atom. The topological polar surface area (TPSA) is 85.4 Å². The normalized spacial score (nSPS) is 11.5. The molecule has 2 rings (SSSR count). The molecular weight excluding hydrogens is 359 g/mol. The van der Waals surface area contributed by atoms with Gasteiger partial charge >= 0.3 is 0 Å². The second-order valence-electron chi connectivity index (χ2n) is 4.51. The van der Waals surface area contributed by atoms with Gasteiger partial charge < -0.3 is 4.74 Å². The van der Waals surface area contributed by atoms with E-state index in [4.69, 9.17) is 16.3 Å². The number of aromatic nitrogens is 1. The molecule has 0 radical (unpaired) electrons. The fourth-order valence-electron chi connectivity index (χ4n) is 1.69. The highest BCUT2D eigenvalue weighted by Gasteiger charge is 2.17. The maximum absolute atomic E-state index is 13.3. The number of ether oxygens (including phenoxy) is 1. The molecule has 6 nitrogen and oxygen atoms in total. The third kappa shape index (κ3) is 4.53. The highest BCUT2D eigenvalue weighted by Crippen LogP contribution is 2.19. The molecule has 0 unspecified atom stereocenters. The van der Waals surface area contributed by atoms with Crippen LogP contribution in [0, 0.1) is 5.82 Å². The highest BCUT2D eigenvalue weighted by molar-refractivity contribution is 7.90. The Bertz CT molecular complexity index is 883. The third-order valence-corrected chi connectivity index (χ3v) is 4.30. The molecule has 2 aromatic rings. The summed E-state index contributed by atoms with van der Waals surface area (Å²) in [5.74, 6) is -1.42. The summed E-state index contributed by atoms with van der Waals surface area (Å²) < 4.78 is 43.9. The molecule has 9 heteroatoms. The fraction of sp³-hybridized carbons (Fsp3) is 0.0667. The first-order chi connectivity index (χ1) is 11.3. The van der Waals surface area contributed by atoms with Gasteiger partial charge in [0.15, 0.2) is 16.6 Å². The summed E-state index contributed by atoms with van der Waals surface area (Å²) in [6.45, 7) is 0. The van der Waals surface area contributed by atoms with Crippen LogP contribution in [-0.2, 0) is 14.8 Å². The van der Waals surface area contributed by atoms with Crippen molar-refractivity contribution in [3.05, 3.63) is 59.0 Å². The van der Waals surface area contributed by atoms with E-state index in [1.54, 1.807) is 0 Å². The van der Waals surface area contributed by atoms with E-state index >= 15 is 0 Å². The molecule has 1 aromatic carbocycles. The first kappa shape index (κ1) is 17.9. The summed E-state index contributed by atoms with van der Waals surface area (Å²) in [7, 11) is -2.80.